The van der Waals surface area contributed by atoms with Crippen LogP contribution in [0.15, 0.2) is 36.4 Å². The highest BCUT2D eigenvalue weighted by Gasteiger charge is 2.33. The van der Waals surface area contributed by atoms with Gasteiger partial charge in [-0.2, -0.15) is 0 Å². The molecule has 0 radical (unpaired) electrons. The van der Waals surface area contributed by atoms with Gasteiger partial charge in [0.2, 0.25) is 21.8 Å². The summed E-state index contributed by atoms with van der Waals surface area (Å²) in [5, 5.41) is 3.57. The molecule has 204 valence electrons. The molecule has 0 saturated carbocycles. The fourth-order valence-corrected chi connectivity index (χ4v) is 5.02. The fraction of sp³-hybridized carbons (Fsp3) is 0.440. The second-order valence-corrected chi connectivity index (χ2v) is 11.0. The SMILES string of the molecule is CCCNC(=O)C(CC)N(Cc1ccc(Cl)cc1Cl)C(=O)CN(c1cc(OC)ccc1OC)S(C)(=O)=O. The van der Waals surface area contributed by atoms with E-state index in [0.29, 0.717) is 34.3 Å². The Morgan fingerprint density at radius 1 is 1.05 bits per heavy atom. The van der Waals surface area contributed by atoms with Gasteiger partial charge in [0.25, 0.3) is 0 Å². The normalized spacial score (nSPS) is 12.0. The molecule has 37 heavy (non-hydrogen) atoms. The standard InChI is InChI=1S/C25H33Cl2N3O6S/c1-6-12-28-25(32)21(7-2)29(15-17-8-9-18(26)13-20(17)27)24(31)16-30(37(5,33)34)22-14-19(35-3)10-11-23(22)36-4/h8-11,13-14,21H,6-7,12,15-16H2,1-5H3,(H,28,32). The molecule has 0 saturated heterocycles. The molecule has 1 unspecified atom stereocenters. The Morgan fingerprint density at radius 3 is 2.30 bits per heavy atom. The molecular formula is C25H33Cl2N3O6S. The van der Waals surface area contributed by atoms with E-state index in [-0.39, 0.29) is 23.9 Å². The number of nitrogens with one attached hydrogen (secondary N) is 1. The summed E-state index contributed by atoms with van der Waals surface area (Å²) in [6.45, 7) is 3.53. The lowest BCUT2D eigenvalue weighted by molar-refractivity contribution is -0.140. The molecule has 0 spiro atoms. The van der Waals surface area contributed by atoms with Gasteiger partial charge in [0.05, 0.1) is 26.2 Å². The highest BCUT2D eigenvalue weighted by atomic mass is 35.5. The van der Waals surface area contributed by atoms with Crippen molar-refractivity contribution in [1.29, 1.82) is 0 Å². The summed E-state index contributed by atoms with van der Waals surface area (Å²) in [5.41, 5.74) is 0.691. The van der Waals surface area contributed by atoms with Gasteiger partial charge in [-0.3, -0.25) is 13.9 Å². The number of halogens is 2. The van der Waals surface area contributed by atoms with E-state index in [4.69, 9.17) is 32.7 Å². The van der Waals surface area contributed by atoms with Crippen molar-refractivity contribution in [2.75, 3.05) is 37.9 Å². The lowest BCUT2D eigenvalue weighted by atomic mass is 10.1. The van der Waals surface area contributed by atoms with Gasteiger partial charge in [-0.1, -0.05) is 43.1 Å². The summed E-state index contributed by atoms with van der Waals surface area (Å²) in [4.78, 5) is 28.1. The Balaban J connectivity index is 2.55. The molecule has 2 aromatic carbocycles. The van der Waals surface area contributed by atoms with Crippen LogP contribution in [0.5, 0.6) is 11.5 Å². The number of methoxy groups -OCH3 is 2. The molecule has 0 aliphatic rings. The molecule has 2 aromatic rings. The first-order valence-electron chi connectivity index (χ1n) is 11.7. The first kappa shape index (κ1) is 30.5. The average molecular weight is 575 g/mol. The molecule has 0 fully saturated rings. The number of hydrogen-bond donors (Lipinski definition) is 1. The Hall–Kier alpha value is -2.69. The van der Waals surface area contributed by atoms with Crippen molar-refractivity contribution in [3.63, 3.8) is 0 Å². The minimum atomic E-state index is -3.95. The quantitative estimate of drug-likeness (QED) is 0.386. The number of carbonyl (C=O) groups is 2. The van der Waals surface area contributed by atoms with Crippen molar-refractivity contribution in [2.45, 2.75) is 39.3 Å². The van der Waals surface area contributed by atoms with Crippen LogP contribution >= 0.6 is 23.2 Å². The maximum atomic E-state index is 13.8. The number of amides is 2. The summed E-state index contributed by atoms with van der Waals surface area (Å²) in [5.74, 6) is -0.321. The van der Waals surface area contributed by atoms with Crippen molar-refractivity contribution >= 4 is 50.7 Å². The zero-order chi connectivity index (χ0) is 27.8. The number of anilines is 1. The van der Waals surface area contributed by atoms with E-state index >= 15 is 0 Å². The Labute approximate surface area is 228 Å². The first-order chi connectivity index (χ1) is 17.5. The average Bonchev–Trinajstić information content (AvgIpc) is 2.85. The molecular weight excluding hydrogens is 541 g/mol. The van der Waals surface area contributed by atoms with Gasteiger partial charge < -0.3 is 19.7 Å². The molecule has 0 aromatic heterocycles. The molecule has 1 N–H and O–H groups in total. The van der Waals surface area contributed by atoms with E-state index in [1.54, 1.807) is 37.3 Å². The Morgan fingerprint density at radius 2 is 1.76 bits per heavy atom. The van der Waals surface area contributed by atoms with E-state index in [9.17, 15) is 18.0 Å². The van der Waals surface area contributed by atoms with Gasteiger partial charge in [-0.15, -0.1) is 0 Å². The van der Waals surface area contributed by atoms with Crippen LogP contribution in [0.2, 0.25) is 10.0 Å². The van der Waals surface area contributed by atoms with Crippen LogP contribution in [-0.4, -0.2) is 64.7 Å². The number of benzene rings is 2. The van der Waals surface area contributed by atoms with Gasteiger partial charge >= 0.3 is 0 Å². The molecule has 0 bridgehead atoms. The van der Waals surface area contributed by atoms with E-state index in [1.807, 2.05) is 6.92 Å². The molecule has 2 rings (SSSR count). The Bertz CT molecular complexity index is 1210. The third-order valence-corrected chi connectivity index (χ3v) is 7.34. The van der Waals surface area contributed by atoms with E-state index < -0.39 is 28.5 Å². The van der Waals surface area contributed by atoms with Crippen LogP contribution in [0.1, 0.15) is 32.3 Å². The smallest absolute Gasteiger partial charge is 0.244 e. The van der Waals surface area contributed by atoms with Crippen molar-refractivity contribution in [3.05, 3.63) is 52.0 Å². The number of sulfonamides is 1. The van der Waals surface area contributed by atoms with Crippen molar-refractivity contribution < 1.29 is 27.5 Å². The summed E-state index contributed by atoms with van der Waals surface area (Å²) < 4.78 is 37.3. The topological polar surface area (TPSA) is 105 Å². The lowest BCUT2D eigenvalue weighted by Gasteiger charge is -2.33. The molecule has 0 aliphatic heterocycles. The summed E-state index contributed by atoms with van der Waals surface area (Å²) in [7, 11) is -1.11. The first-order valence-corrected chi connectivity index (χ1v) is 14.3. The summed E-state index contributed by atoms with van der Waals surface area (Å²) >= 11 is 12.4. The molecule has 12 heteroatoms. The third kappa shape index (κ3) is 8.15. The van der Waals surface area contributed by atoms with Crippen LogP contribution in [0, 0.1) is 0 Å². The number of carbonyl (C=O) groups excluding carboxylic acids is 2. The van der Waals surface area contributed by atoms with Gasteiger partial charge in [0.15, 0.2) is 0 Å². The molecule has 2 amide bonds. The maximum absolute atomic E-state index is 13.8. The zero-order valence-electron chi connectivity index (χ0n) is 21.6. The van der Waals surface area contributed by atoms with E-state index in [1.165, 1.54) is 25.2 Å². The lowest BCUT2D eigenvalue weighted by Crippen LogP contribution is -2.52. The second kappa shape index (κ2) is 13.7. The molecule has 9 nitrogen and oxygen atoms in total. The second-order valence-electron chi connectivity index (χ2n) is 8.28. The van der Waals surface area contributed by atoms with Crippen LogP contribution in [0.3, 0.4) is 0 Å². The van der Waals surface area contributed by atoms with Crippen molar-refractivity contribution in [3.8, 4) is 11.5 Å². The monoisotopic (exact) mass is 573 g/mol. The van der Waals surface area contributed by atoms with Crippen molar-refractivity contribution in [1.82, 2.24) is 10.2 Å². The van der Waals surface area contributed by atoms with Crippen LogP contribution in [0.25, 0.3) is 0 Å². The minimum Gasteiger partial charge on any atom is -0.497 e. The zero-order valence-corrected chi connectivity index (χ0v) is 23.9. The summed E-state index contributed by atoms with van der Waals surface area (Å²) in [6, 6.07) is 8.62. The van der Waals surface area contributed by atoms with Gasteiger partial charge in [-0.05, 0) is 42.7 Å². The molecule has 0 heterocycles. The van der Waals surface area contributed by atoms with Crippen LogP contribution in [-0.2, 0) is 26.2 Å². The highest BCUT2D eigenvalue weighted by molar-refractivity contribution is 7.92. The van der Waals surface area contributed by atoms with E-state index in [2.05, 4.69) is 5.32 Å². The maximum Gasteiger partial charge on any atom is 0.244 e. The fourth-order valence-electron chi connectivity index (χ4n) is 3.71. The number of nitrogens with zero attached hydrogens (tertiary/aromatic N) is 2. The van der Waals surface area contributed by atoms with Crippen LogP contribution in [0.4, 0.5) is 5.69 Å². The minimum absolute atomic E-state index is 0.0280. The molecule has 0 aliphatic carbocycles. The largest absolute Gasteiger partial charge is 0.497 e. The number of hydrogen-bond acceptors (Lipinski definition) is 6. The number of ether oxygens (including phenoxy) is 2. The number of rotatable bonds is 13. The van der Waals surface area contributed by atoms with Gasteiger partial charge in [0, 0.05) is 29.2 Å². The van der Waals surface area contributed by atoms with Crippen LogP contribution < -0.4 is 19.1 Å². The summed E-state index contributed by atoms with van der Waals surface area (Å²) in [6.07, 6.45) is 2.01. The van der Waals surface area contributed by atoms with Gasteiger partial charge in [0.1, 0.15) is 24.1 Å². The van der Waals surface area contributed by atoms with Crippen molar-refractivity contribution in [2.24, 2.45) is 0 Å². The van der Waals surface area contributed by atoms with Gasteiger partial charge in [-0.25, -0.2) is 8.42 Å². The third-order valence-electron chi connectivity index (χ3n) is 5.62. The Kier molecular flexibility index (Phi) is 11.3. The predicted octanol–water partition coefficient (Wildman–Crippen LogP) is 4.11. The highest BCUT2D eigenvalue weighted by Crippen LogP contribution is 2.34. The molecule has 1 atom stereocenters. The van der Waals surface area contributed by atoms with E-state index in [0.717, 1.165) is 17.0 Å². The predicted molar refractivity (Wildman–Crippen MR) is 146 cm³/mol.